The van der Waals surface area contributed by atoms with Crippen LogP contribution in [0.3, 0.4) is 0 Å². The molecule has 3 aromatic rings. The molecule has 0 unspecified atom stereocenters. The summed E-state index contributed by atoms with van der Waals surface area (Å²) < 4.78 is 5.84. The Morgan fingerprint density at radius 1 is 0.885 bits per heavy atom. The molecule has 0 bridgehead atoms. The van der Waals surface area contributed by atoms with E-state index in [1.165, 1.54) is 18.4 Å². The number of nitrogens with zero attached hydrogens (tertiary/aromatic N) is 1. The number of carbonyl (C=O) groups excluding carboxylic acids is 1. The van der Waals surface area contributed by atoms with Crippen LogP contribution in [-0.2, 0) is 13.0 Å². The van der Waals surface area contributed by atoms with E-state index in [-0.39, 0.29) is 5.78 Å². The van der Waals surface area contributed by atoms with Gasteiger partial charge in [-0.2, -0.15) is 0 Å². The number of pyridine rings is 1. The second kappa shape index (κ2) is 7.52. The van der Waals surface area contributed by atoms with Gasteiger partial charge in [0.2, 0.25) is 0 Å². The summed E-state index contributed by atoms with van der Waals surface area (Å²) in [6.45, 7) is 0.537. The summed E-state index contributed by atoms with van der Waals surface area (Å²) in [7, 11) is 0. The fraction of sp³-hybridized carbons (Fsp3) is 0.217. The number of carbonyl (C=O) groups is 1. The van der Waals surface area contributed by atoms with Crippen molar-refractivity contribution in [2.45, 2.75) is 31.8 Å². The number of hydrogen-bond acceptors (Lipinski definition) is 3. The van der Waals surface area contributed by atoms with Gasteiger partial charge in [-0.1, -0.05) is 24.3 Å². The quantitative estimate of drug-likeness (QED) is 0.569. The molecule has 1 saturated carbocycles. The van der Waals surface area contributed by atoms with E-state index in [9.17, 15) is 4.79 Å². The van der Waals surface area contributed by atoms with Crippen LogP contribution in [0.15, 0.2) is 73.1 Å². The minimum atomic E-state index is 0.0958. The third-order valence-corrected chi connectivity index (χ3v) is 4.72. The van der Waals surface area contributed by atoms with Crippen molar-refractivity contribution < 1.29 is 9.53 Å². The van der Waals surface area contributed by atoms with Crippen molar-refractivity contribution in [1.29, 1.82) is 0 Å². The maximum Gasteiger partial charge on any atom is 0.167 e. The molecule has 0 aliphatic heterocycles. The summed E-state index contributed by atoms with van der Waals surface area (Å²) in [5.41, 5.74) is 4.26. The smallest absolute Gasteiger partial charge is 0.167 e. The lowest BCUT2D eigenvalue weighted by Crippen LogP contribution is -2.03. The van der Waals surface area contributed by atoms with Gasteiger partial charge in [0.15, 0.2) is 5.78 Å². The van der Waals surface area contributed by atoms with Crippen molar-refractivity contribution in [3.63, 3.8) is 0 Å². The molecule has 1 aliphatic rings. The molecule has 0 N–H and O–H groups in total. The molecule has 4 rings (SSSR count). The van der Waals surface area contributed by atoms with Crippen molar-refractivity contribution in [3.05, 3.63) is 95.3 Å². The first-order chi connectivity index (χ1) is 12.8. The predicted molar refractivity (Wildman–Crippen MR) is 101 cm³/mol. The van der Waals surface area contributed by atoms with Gasteiger partial charge in [-0.05, 0) is 71.8 Å². The second-order valence-corrected chi connectivity index (χ2v) is 6.78. The van der Waals surface area contributed by atoms with E-state index in [0.717, 1.165) is 22.8 Å². The summed E-state index contributed by atoms with van der Waals surface area (Å²) in [5, 5.41) is 0. The van der Waals surface area contributed by atoms with Gasteiger partial charge < -0.3 is 4.74 Å². The standard InChI is InChI=1S/C23H21NO2/c25-23(15-17-11-13-24-14-12-17)21-7-9-22(10-8-21)26-16-18-1-3-19(4-2-18)20-5-6-20/h1-4,7-14,20H,5-6,15-16H2. The monoisotopic (exact) mass is 343 g/mol. The van der Waals surface area contributed by atoms with E-state index in [0.29, 0.717) is 18.6 Å². The highest BCUT2D eigenvalue weighted by molar-refractivity contribution is 5.97. The van der Waals surface area contributed by atoms with Crippen LogP contribution in [0.5, 0.6) is 5.75 Å². The number of rotatable bonds is 7. The van der Waals surface area contributed by atoms with Gasteiger partial charge in [-0.25, -0.2) is 0 Å². The van der Waals surface area contributed by atoms with Gasteiger partial charge in [-0.15, -0.1) is 0 Å². The Hall–Kier alpha value is -2.94. The summed E-state index contributed by atoms with van der Waals surface area (Å²) in [5.74, 6) is 1.65. The average molecular weight is 343 g/mol. The minimum Gasteiger partial charge on any atom is -0.489 e. The summed E-state index contributed by atoms with van der Waals surface area (Å²) in [6.07, 6.45) is 6.44. The number of Topliss-reactive ketones (excluding diaryl/α,β-unsaturated/α-hetero) is 1. The lowest BCUT2D eigenvalue weighted by Gasteiger charge is -2.08. The normalized spacial score (nSPS) is 13.4. The lowest BCUT2D eigenvalue weighted by atomic mass is 10.0. The summed E-state index contributed by atoms with van der Waals surface area (Å²) >= 11 is 0. The van der Waals surface area contributed by atoms with E-state index in [2.05, 4.69) is 29.2 Å². The highest BCUT2D eigenvalue weighted by Gasteiger charge is 2.22. The maximum atomic E-state index is 12.3. The third-order valence-electron chi connectivity index (χ3n) is 4.72. The maximum absolute atomic E-state index is 12.3. The largest absolute Gasteiger partial charge is 0.489 e. The molecule has 0 atom stereocenters. The molecular formula is C23H21NO2. The molecule has 1 aliphatic carbocycles. The topological polar surface area (TPSA) is 39.2 Å². The zero-order valence-electron chi connectivity index (χ0n) is 14.6. The molecule has 3 heteroatoms. The highest BCUT2D eigenvalue weighted by atomic mass is 16.5. The Morgan fingerprint density at radius 2 is 1.58 bits per heavy atom. The molecule has 0 spiro atoms. The molecule has 2 aromatic carbocycles. The fourth-order valence-electron chi connectivity index (χ4n) is 2.99. The van der Waals surface area contributed by atoms with Crippen LogP contribution in [0, 0.1) is 0 Å². The predicted octanol–water partition coefficient (Wildman–Crippen LogP) is 4.96. The number of ether oxygens (including phenoxy) is 1. The molecule has 1 heterocycles. The van der Waals surface area contributed by atoms with Crippen molar-refractivity contribution in [2.75, 3.05) is 0 Å². The number of benzene rings is 2. The first kappa shape index (κ1) is 16.5. The average Bonchev–Trinajstić information content (AvgIpc) is 3.53. The third kappa shape index (κ3) is 4.17. The van der Waals surface area contributed by atoms with Crippen LogP contribution in [0.25, 0.3) is 0 Å². The van der Waals surface area contributed by atoms with E-state index < -0.39 is 0 Å². The molecule has 0 saturated heterocycles. The first-order valence-electron chi connectivity index (χ1n) is 9.02. The van der Waals surface area contributed by atoms with Crippen molar-refractivity contribution >= 4 is 5.78 Å². The highest BCUT2D eigenvalue weighted by Crippen LogP contribution is 2.39. The molecule has 1 fully saturated rings. The van der Waals surface area contributed by atoms with Gasteiger partial charge in [0.25, 0.3) is 0 Å². The van der Waals surface area contributed by atoms with Gasteiger partial charge in [0.05, 0.1) is 0 Å². The zero-order valence-corrected chi connectivity index (χ0v) is 14.6. The number of ketones is 1. The van der Waals surface area contributed by atoms with Crippen LogP contribution >= 0.6 is 0 Å². The van der Waals surface area contributed by atoms with Crippen molar-refractivity contribution in [3.8, 4) is 5.75 Å². The SMILES string of the molecule is O=C(Cc1ccncc1)c1ccc(OCc2ccc(C3CC3)cc2)cc1. The van der Waals surface area contributed by atoms with Crippen LogP contribution < -0.4 is 4.74 Å². The van der Waals surface area contributed by atoms with E-state index in [4.69, 9.17) is 4.74 Å². The molecule has 1 aromatic heterocycles. The van der Waals surface area contributed by atoms with E-state index >= 15 is 0 Å². The first-order valence-corrected chi connectivity index (χ1v) is 9.02. The van der Waals surface area contributed by atoms with Crippen LogP contribution in [0.1, 0.15) is 45.8 Å². The van der Waals surface area contributed by atoms with E-state index in [1.54, 1.807) is 12.4 Å². The van der Waals surface area contributed by atoms with Gasteiger partial charge in [-0.3, -0.25) is 9.78 Å². The summed E-state index contributed by atoms with van der Waals surface area (Å²) in [6, 6.07) is 19.8. The lowest BCUT2D eigenvalue weighted by molar-refractivity contribution is 0.0993. The van der Waals surface area contributed by atoms with Gasteiger partial charge in [0.1, 0.15) is 12.4 Å². The Balaban J connectivity index is 1.32. The molecule has 3 nitrogen and oxygen atoms in total. The van der Waals surface area contributed by atoms with Gasteiger partial charge in [0, 0.05) is 24.4 Å². The minimum absolute atomic E-state index is 0.0958. The van der Waals surface area contributed by atoms with E-state index in [1.807, 2.05) is 36.4 Å². The Morgan fingerprint density at radius 3 is 2.23 bits per heavy atom. The molecule has 130 valence electrons. The Kier molecular flexibility index (Phi) is 4.78. The number of hydrogen-bond donors (Lipinski definition) is 0. The zero-order chi connectivity index (χ0) is 17.8. The molecule has 26 heavy (non-hydrogen) atoms. The Labute approximate surface area is 153 Å². The second-order valence-electron chi connectivity index (χ2n) is 6.78. The summed E-state index contributed by atoms with van der Waals surface area (Å²) in [4.78, 5) is 16.3. The van der Waals surface area contributed by atoms with Crippen LogP contribution in [0.2, 0.25) is 0 Å². The van der Waals surface area contributed by atoms with Crippen molar-refractivity contribution in [2.24, 2.45) is 0 Å². The Bertz CT molecular complexity index is 866. The fourth-order valence-corrected chi connectivity index (χ4v) is 2.99. The van der Waals surface area contributed by atoms with Crippen LogP contribution in [-0.4, -0.2) is 10.8 Å². The molecule has 0 radical (unpaired) electrons. The molecule has 0 amide bonds. The van der Waals surface area contributed by atoms with Gasteiger partial charge >= 0.3 is 0 Å². The number of aromatic nitrogens is 1. The molecular weight excluding hydrogens is 322 g/mol. The van der Waals surface area contributed by atoms with Crippen molar-refractivity contribution in [1.82, 2.24) is 4.98 Å². The van der Waals surface area contributed by atoms with Crippen LogP contribution in [0.4, 0.5) is 0 Å².